The van der Waals surface area contributed by atoms with Gasteiger partial charge in [-0.05, 0) is 19.9 Å². The fraction of sp³-hybridized carbons (Fsp3) is 0.500. The second kappa shape index (κ2) is 2.13. The predicted molar refractivity (Wildman–Crippen MR) is 39.6 cm³/mol. The highest BCUT2D eigenvalue weighted by molar-refractivity contribution is 5.22. The van der Waals surface area contributed by atoms with E-state index in [-0.39, 0.29) is 11.2 Å². The Bertz CT molecular complexity index is 189. The average molecular weight is 140 g/mol. The van der Waals surface area contributed by atoms with E-state index >= 15 is 0 Å². The highest BCUT2D eigenvalue weighted by Gasteiger charge is 2.23. The van der Waals surface area contributed by atoms with Crippen LogP contribution in [0.25, 0.3) is 0 Å². The molecular weight excluding hydrogens is 128 g/mol. The molecule has 0 aromatic heterocycles. The number of rotatable bonds is 0. The standard InChI is InChI=1S/C8H12O2/c1-8(2)4-3-6(9)5-7(8)10/h3-6,9-10H,1-2H3. The van der Waals surface area contributed by atoms with E-state index in [0.29, 0.717) is 0 Å². The van der Waals surface area contributed by atoms with Gasteiger partial charge in [0.1, 0.15) is 5.76 Å². The van der Waals surface area contributed by atoms with Crippen molar-refractivity contribution in [2.45, 2.75) is 20.0 Å². The molecule has 0 aromatic rings. The lowest BCUT2D eigenvalue weighted by molar-refractivity contribution is 0.232. The Labute approximate surface area is 60.5 Å². The average Bonchev–Trinajstić information content (AvgIpc) is 1.81. The molecule has 10 heavy (non-hydrogen) atoms. The Morgan fingerprint density at radius 2 is 2.10 bits per heavy atom. The molecule has 56 valence electrons. The van der Waals surface area contributed by atoms with Gasteiger partial charge in [0.15, 0.2) is 0 Å². The summed E-state index contributed by atoms with van der Waals surface area (Å²) in [5, 5.41) is 18.2. The van der Waals surface area contributed by atoms with Crippen LogP contribution in [0, 0.1) is 5.41 Å². The number of allylic oxidation sites excluding steroid dienone is 1. The third-order valence-electron chi connectivity index (χ3n) is 1.70. The Morgan fingerprint density at radius 3 is 2.50 bits per heavy atom. The molecule has 1 aliphatic rings. The summed E-state index contributed by atoms with van der Waals surface area (Å²) in [6.45, 7) is 3.78. The van der Waals surface area contributed by atoms with Gasteiger partial charge in [-0.25, -0.2) is 0 Å². The summed E-state index contributed by atoms with van der Waals surface area (Å²) in [4.78, 5) is 0. The summed E-state index contributed by atoms with van der Waals surface area (Å²) in [7, 11) is 0. The van der Waals surface area contributed by atoms with Crippen LogP contribution in [0.15, 0.2) is 24.0 Å². The quantitative estimate of drug-likeness (QED) is 0.499. The van der Waals surface area contributed by atoms with E-state index in [1.54, 1.807) is 12.2 Å². The molecule has 0 radical (unpaired) electrons. The molecular formula is C8H12O2. The van der Waals surface area contributed by atoms with Crippen molar-refractivity contribution in [1.82, 2.24) is 0 Å². The van der Waals surface area contributed by atoms with Crippen LogP contribution in [-0.2, 0) is 0 Å². The number of hydrogen-bond donors (Lipinski definition) is 2. The van der Waals surface area contributed by atoms with Crippen molar-refractivity contribution >= 4 is 0 Å². The van der Waals surface area contributed by atoms with Crippen molar-refractivity contribution in [2.75, 3.05) is 0 Å². The Kier molecular flexibility index (Phi) is 1.57. The zero-order valence-electron chi connectivity index (χ0n) is 6.20. The highest BCUT2D eigenvalue weighted by atomic mass is 16.3. The molecule has 0 aliphatic heterocycles. The lowest BCUT2D eigenvalue weighted by atomic mass is 9.86. The van der Waals surface area contributed by atoms with Gasteiger partial charge in [0, 0.05) is 5.41 Å². The minimum absolute atomic E-state index is 0.238. The molecule has 0 amide bonds. The van der Waals surface area contributed by atoms with E-state index < -0.39 is 6.10 Å². The van der Waals surface area contributed by atoms with Crippen LogP contribution in [0.5, 0.6) is 0 Å². The van der Waals surface area contributed by atoms with Gasteiger partial charge < -0.3 is 10.2 Å². The zero-order chi connectivity index (χ0) is 7.78. The van der Waals surface area contributed by atoms with Gasteiger partial charge in [-0.1, -0.05) is 12.2 Å². The highest BCUT2D eigenvalue weighted by Crippen LogP contribution is 2.29. The van der Waals surface area contributed by atoms with Gasteiger partial charge >= 0.3 is 0 Å². The van der Waals surface area contributed by atoms with Crippen molar-refractivity contribution in [3.05, 3.63) is 24.0 Å². The first-order chi connectivity index (χ1) is 4.52. The van der Waals surface area contributed by atoms with Crippen LogP contribution < -0.4 is 0 Å². The summed E-state index contributed by atoms with van der Waals surface area (Å²) in [6.07, 6.45) is 4.29. The van der Waals surface area contributed by atoms with Gasteiger partial charge in [-0.15, -0.1) is 0 Å². The molecule has 1 aliphatic carbocycles. The summed E-state index contributed by atoms with van der Waals surface area (Å²) >= 11 is 0. The number of hydrogen-bond acceptors (Lipinski definition) is 2. The predicted octanol–water partition coefficient (Wildman–Crippen LogP) is 1.39. The summed E-state index contributed by atoms with van der Waals surface area (Å²) < 4.78 is 0. The van der Waals surface area contributed by atoms with Crippen molar-refractivity contribution in [3.8, 4) is 0 Å². The smallest absolute Gasteiger partial charge is 0.100 e. The van der Waals surface area contributed by atoms with Gasteiger partial charge in [0.05, 0.1) is 6.10 Å². The minimum atomic E-state index is -0.618. The fourth-order valence-corrected chi connectivity index (χ4v) is 0.857. The molecule has 0 saturated carbocycles. The third kappa shape index (κ3) is 1.21. The van der Waals surface area contributed by atoms with E-state index in [1.807, 2.05) is 13.8 Å². The van der Waals surface area contributed by atoms with Crippen LogP contribution in [-0.4, -0.2) is 16.3 Å². The molecule has 0 heterocycles. The molecule has 2 heteroatoms. The monoisotopic (exact) mass is 140 g/mol. The second-order valence-electron chi connectivity index (χ2n) is 3.12. The molecule has 0 fully saturated rings. The number of aliphatic hydroxyl groups is 2. The largest absolute Gasteiger partial charge is 0.512 e. The van der Waals surface area contributed by atoms with Gasteiger partial charge in [0.2, 0.25) is 0 Å². The lowest BCUT2D eigenvalue weighted by Crippen LogP contribution is -2.18. The normalized spacial score (nSPS) is 29.9. The first-order valence-corrected chi connectivity index (χ1v) is 3.31. The topological polar surface area (TPSA) is 40.5 Å². The third-order valence-corrected chi connectivity index (χ3v) is 1.70. The van der Waals surface area contributed by atoms with E-state index in [4.69, 9.17) is 5.11 Å². The van der Waals surface area contributed by atoms with Crippen molar-refractivity contribution in [2.24, 2.45) is 5.41 Å². The van der Waals surface area contributed by atoms with Gasteiger partial charge in [-0.2, -0.15) is 0 Å². The molecule has 1 atom stereocenters. The molecule has 0 bridgehead atoms. The maximum Gasteiger partial charge on any atom is 0.100 e. The molecule has 0 saturated heterocycles. The fourth-order valence-electron chi connectivity index (χ4n) is 0.857. The van der Waals surface area contributed by atoms with E-state index in [1.165, 1.54) is 6.08 Å². The number of aliphatic hydroxyl groups excluding tert-OH is 2. The van der Waals surface area contributed by atoms with Crippen molar-refractivity contribution < 1.29 is 10.2 Å². The van der Waals surface area contributed by atoms with Gasteiger partial charge in [0.25, 0.3) is 0 Å². The van der Waals surface area contributed by atoms with Crippen molar-refractivity contribution in [3.63, 3.8) is 0 Å². The van der Waals surface area contributed by atoms with Crippen LogP contribution in [0.3, 0.4) is 0 Å². The van der Waals surface area contributed by atoms with Crippen LogP contribution in [0.1, 0.15) is 13.8 Å². The Balaban J connectivity index is 2.87. The molecule has 0 spiro atoms. The molecule has 1 rings (SSSR count). The van der Waals surface area contributed by atoms with E-state index in [2.05, 4.69) is 0 Å². The Morgan fingerprint density at radius 1 is 1.50 bits per heavy atom. The lowest BCUT2D eigenvalue weighted by Gasteiger charge is -2.23. The molecule has 1 unspecified atom stereocenters. The summed E-state index contributed by atoms with van der Waals surface area (Å²) in [6, 6.07) is 0. The summed E-state index contributed by atoms with van der Waals surface area (Å²) in [5.41, 5.74) is -0.306. The van der Waals surface area contributed by atoms with E-state index in [9.17, 15) is 5.11 Å². The van der Waals surface area contributed by atoms with Gasteiger partial charge in [-0.3, -0.25) is 0 Å². The van der Waals surface area contributed by atoms with Crippen LogP contribution in [0.2, 0.25) is 0 Å². The maximum absolute atomic E-state index is 9.26. The first-order valence-electron chi connectivity index (χ1n) is 3.31. The molecule has 0 aromatic carbocycles. The zero-order valence-corrected chi connectivity index (χ0v) is 6.20. The van der Waals surface area contributed by atoms with Crippen LogP contribution >= 0.6 is 0 Å². The Hall–Kier alpha value is -0.760. The van der Waals surface area contributed by atoms with Crippen LogP contribution in [0.4, 0.5) is 0 Å². The second-order valence-corrected chi connectivity index (χ2v) is 3.12. The first kappa shape index (κ1) is 7.35. The maximum atomic E-state index is 9.26. The molecule has 2 nitrogen and oxygen atoms in total. The SMILES string of the molecule is CC1(C)C=CC(O)C=C1O. The van der Waals surface area contributed by atoms with E-state index in [0.717, 1.165) is 0 Å². The summed E-state index contributed by atoms with van der Waals surface area (Å²) in [5.74, 6) is 0.238. The molecule has 2 N–H and O–H groups in total. The minimum Gasteiger partial charge on any atom is -0.512 e. The van der Waals surface area contributed by atoms with Crippen molar-refractivity contribution in [1.29, 1.82) is 0 Å².